The molecular weight excluding hydrogens is 372 g/mol. The van der Waals surface area contributed by atoms with E-state index in [9.17, 15) is 40.9 Å². The average molecular weight is 400 g/mol. The zero-order valence-electron chi connectivity index (χ0n) is 14.7. The topological polar surface area (TPSA) is 199 Å². The zero-order chi connectivity index (χ0) is 20.3. The van der Waals surface area contributed by atoms with Crippen LogP contribution in [0.1, 0.15) is 6.92 Å². The SMILES string of the molecule is CC(O)CO[C@@H]1O[C@H](CO)[C@H](O)[C@H](O[C@H]2O[C@H](CO)[C@H](O)[C@H](O)[C@H]2O)[C@H]1O. The van der Waals surface area contributed by atoms with Crippen LogP contribution in [-0.2, 0) is 18.9 Å². The van der Waals surface area contributed by atoms with Gasteiger partial charge in [0.1, 0.15) is 48.8 Å². The normalized spacial score (nSPS) is 47.0. The number of aliphatic hydroxyl groups excluding tert-OH is 8. The molecule has 0 saturated carbocycles. The van der Waals surface area contributed by atoms with Crippen molar-refractivity contribution in [2.24, 2.45) is 0 Å². The van der Waals surface area contributed by atoms with Crippen molar-refractivity contribution >= 4 is 0 Å². The van der Waals surface area contributed by atoms with E-state index in [1.54, 1.807) is 0 Å². The molecule has 0 aromatic carbocycles. The maximum atomic E-state index is 10.4. The molecule has 0 radical (unpaired) electrons. The fourth-order valence-electron chi connectivity index (χ4n) is 2.92. The van der Waals surface area contributed by atoms with Gasteiger partial charge in [-0.3, -0.25) is 0 Å². The van der Waals surface area contributed by atoms with Crippen molar-refractivity contribution in [3.8, 4) is 0 Å². The van der Waals surface area contributed by atoms with Crippen molar-refractivity contribution in [3.63, 3.8) is 0 Å². The van der Waals surface area contributed by atoms with Gasteiger partial charge in [-0.1, -0.05) is 0 Å². The van der Waals surface area contributed by atoms with Crippen molar-refractivity contribution in [2.45, 2.75) is 74.4 Å². The fourth-order valence-corrected chi connectivity index (χ4v) is 2.92. The van der Waals surface area contributed by atoms with Gasteiger partial charge < -0.3 is 59.8 Å². The molecule has 27 heavy (non-hydrogen) atoms. The van der Waals surface area contributed by atoms with Crippen LogP contribution in [0.5, 0.6) is 0 Å². The van der Waals surface area contributed by atoms with E-state index in [2.05, 4.69) is 0 Å². The third kappa shape index (κ3) is 5.12. The summed E-state index contributed by atoms with van der Waals surface area (Å²) >= 11 is 0. The first-order valence-corrected chi connectivity index (χ1v) is 8.59. The van der Waals surface area contributed by atoms with Gasteiger partial charge in [0, 0.05) is 0 Å². The highest BCUT2D eigenvalue weighted by molar-refractivity contribution is 4.94. The van der Waals surface area contributed by atoms with Gasteiger partial charge in [0.15, 0.2) is 12.6 Å². The van der Waals surface area contributed by atoms with Crippen LogP contribution >= 0.6 is 0 Å². The van der Waals surface area contributed by atoms with E-state index in [1.165, 1.54) is 6.92 Å². The first-order valence-electron chi connectivity index (χ1n) is 8.59. The van der Waals surface area contributed by atoms with E-state index in [1.807, 2.05) is 0 Å². The average Bonchev–Trinajstić information content (AvgIpc) is 2.64. The lowest BCUT2D eigenvalue weighted by atomic mass is 9.97. The summed E-state index contributed by atoms with van der Waals surface area (Å²) in [7, 11) is 0. The molecule has 160 valence electrons. The van der Waals surface area contributed by atoms with Crippen LogP contribution in [0.25, 0.3) is 0 Å². The van der Waals surface area contributed by atoms with Crippen LogP contribution in [0.3, 0.4) is 0 Å². The molecule has 2 aliphatic rings. The minimum absolute atomic E-state index is 0.206. The van der Waals surface area contributed by atoms with Gasteiger partial charge >= 0.3 is 0 Å². The van der Waals surface area contributed by atoms with Crippen molar-refractivity contribution < 1.29 is 59.8 Å². The predicted octanol–water partition coefficient (Wildman–Crippen LogP) is -4.99. The molecule has 0 spiro atoms. The van der Waals surface area contributed by atoms with Gasteiger partial charge in [-0.05, 0) is 6.92 Å². The highest BCUT2D eigenvalue weighted by Gasteiger charge is 2.50. The Hall–Kier alpha value is -0.480. The van der Waals surface area contributed by atoms with E-state index in [4.69, 9.17) is 18.9 Å². The van der Waals surface area contributed by atoms with Crippen LogP contribution in [0, 0.1) is 0 Å². The lowest BCUT2D eigenvalue weighted by molar-refractivity contribution is -0.361. The molecule has 12 nitrogen and oxygen atoms in total. The quantitative estimate of drug-likeness (QED) is 0.203. The number of rotatable bonds is 7. The van der Waals surface area contributed by atoms with Crippen LogP contribution in [0.15, 0.2) is 0 Å². The van der Waals surface area contributed by atoms with Gasteiger partial charge in [-0.25, -0.2) is 0 Å². The van der Waals surface area contributed by atoms with E-state index in [0.29, 0.717) is 0 Å². The third-order valence-electron chi connectivity index (χ3n) is 4.46. The van der Waals surface area contributed by atoms with Crippen LogP contribution in [0.4, 0.5) is 0 Å². The number of hydrogen-bond donors (Lipinski definition) is 8. The maximum Gasteiger partial charge on any atom is 0.187 e. The van der Waals surface area contributed by atoms with E-state index >= 15 is 0 Å². The summed E-state index contributed by atoms with van der Waals surface area (Å²) < 4.78 is 21.0. The molecule has 0 aromatic rings. The Labute approximate surface area is 155 Å². The monoisotopic (exact) mass is 400 g/mol. The highest BCUT2D eigenvalue weighted by atomic mass is 16.7. The predicted molar refractivity (Wildman–Crippen MR) is 84.0 cm³/mol. The molecule has 0 aromatic heterocycles. The number of ether oxygens (including phenoxy) is 4. The second-order valence-electron chi connectivity index (χ2n) is 6.69. The van der Waals surface area contributed by atoms with E-state index in [-0.39, 0.29) is 6.61 Å². The molecule has 0 bridgehead atoms. The molecule has 8 N–H and O–H groups in total. The summed E-state index contributed by atoms with van der Waals surface area (Å²) in [6, 6.07) is 0. The summed E-state index contributed by atoms with van der Waals surface area (Å²) in [6.45, 7) is -0.0850. The number of aliphatic hydroxyl groups is 8. The summed E-state index contributed by atoms with van der Waals surface area (Å²) in [5, 5.41) is 78.2. The zero-order valence-corrected chi connectivity index (χ0v) is 14.7. The van der Waals surface area contributed by atoms with Gasteiger partial charge in [0.25, 0.3) is 0 Å². The molecule has 0 amide bonds. The molecule has 0 aliphatic carbocycles. The Morgan fingerprint density at radius 1 is 0.778 bits per heavy atom. The summed E-state index contributed by atoms with van der Waals surface area (Å²) in [6.07, 6.45) is -16.0. The molecule has 1 unspecified atom stereocenters. The Bertz CT molecular complexity index is 449. The standard InChI is InChI=1S/C15H28O12/c1-5(18)4-24-14-12(23)13(9(20)7(3-17)25-14)27-15-11(22)10(21)8(19)6(2-16)26-15/h5-23H,2-4H2,1H3/t5?,6-,7-,8+,9+,10+,11-,12-,13+,14-,15-/m1/s1. The van der Waals surface area contributed by atoms with Gasteiger partial charge in [-0.15, -0.1) is 0 Å². The Morgan fingerprint density at radius 2 is 1.33 bits per heavy atom. The highest BCUT2D eigenvalue weighted by Crippen LogP contribution is 2.29. The van der Waals surface area contributed by atoms with Crippen LogP contribution in [-0.4, -0.2) is 128 Å². The first kappa shape index (κ1) is 22.8. The Morgan fingerprint density at radius 3 is 1.89 bits per heavy atom. The second kappa shape index (κ2) is 9.82. The minimum atomic E-state index is -1.74. The molecule has 2 fully saturated rings. The minimum Gasteiger partial charge on any atom is -0.394 e. The molecule has 2 rings (SSSR count). The Kier molecular flexibility index (Phi) is 8.30. The van der Waals surface area contributed by atoms with Gasteiger partial charge in [0.2, 0.25) is 0 Å². The lowest BCUT2D eigenvalue weighted by Gasteiger charge is -2.46. The van der Waals surface area contributed by atoms with Crippen molar-refractivity contribution in [2.75, 3.05) is 19.8 Å². The van der Waals surface area contributed by atoms with E-state index < -0.39 is 80.7 Å². The third-order valence-corrected chi connectivity index (χ3v) is 4.46. The van der Waals surface area contributed by atoms with E-state index in [0.717, 1.165) is 0 Å². The molecule has 12 heteroatoms. The summed E-state index contributed by atoms with van der Waals surface area (Å²) in [5.41, 5.74) is 0. The molecular formula is C15H28O12. The number of hydrogen-bond acceptors (Lipinski definition) is 12. The fraction of sp³-hybridized carbons (Fsp3) is 1.00. The molecule has 2 aliphatic heterocycles. The smallest absolute Gasteiger partial charge is 0.187 e. The van der Waals surface area contributed by atoms with Crippen molar-refractivity contribution in [1.82, 2.24) is 0 Å². The molecule has 2 heterocycles. The summed E-state index contributed by atoms with van der Waals surface area (Å²) in [5.74, 6) is 0. The molecule has 11 atom stereocenters. The van der Waals surface area contributed by atoms with Crippen LogP contribution < -0.4 is 0 Å². The molecule has 2 saturated heterocycles. The van der Waals surface area contributed by atoms with Crippen LogP contribution in [0.2, 0.25) is 0 Å². The van der Waals surface area contributed by atoms with Crippen molar-refractivity contribution in [3.05, 3.63) is 0 Å². The maximum absolute atomic E-state index is 10.4. The van der Waals surface area contributed by atoms with Crippen molar-refractivity contribution in [1.29, 1.82) is 0 Å². The second-order valence-corrected chi connectivity index (χ2v) is 6.69. The largest absolute Gasteiger partial charge is 0.394 e. The lowest BCUT2D eigenvalue weighted by Crippen LogP contribution is -2.64. The Balaban J connectivity index is 2.13. The van der Waals surface area contributed by atoms with Gasteiger partial charge in [-0.2, -0.15) is 0 Å². The first-order chi connectivity index (χ1) is 12.7. The van der Waals surface area contributed by atoms with Gasteiger partial charge in [0.05, 0.1) is 25.9 Å². The summed E-state index contributed by atoms with van der Waals surface area (Å²) in [4.78, 5) is 0.